The molecule has 3 rings (SSSR count). The van der Waals surface area contributed by atoms with Crippen LogP contribution >= 0.6 is 0 Å². The Morgan fingerprint density at radius 3 is 2.44 bits per heavy atom. The molecule has 0 spiro atoms. The van der Waals surface area contributed by atoms with Crippen LogP contribution < -0.4 is 5.73 Å². The van der Waals surface area contributed by atoms with Gasteiger partial charge in [-0.15, -0.1) is 0 Å². The van der Waals surface area contributed by atoms with Crippen LogP contribution in [0.3, 0.4) is 0 Å². The molecule has 2 aliphatic heterocycles. The van der Waals surface area contributed by atoms with Crippen LogP contribution in [0.4, 0.5) is 0 Å². The lowest BCUT2D eigenvalue weighted by atomic mass is 9.98. The minimum absolute atomic E-state index is 0.417. The van der Waals surface area contributed by atoms with Gasteiger partial charge in [0, 0.05) is 23.7 Å². The number of piperidine rings is 1. The van der Waals surface area contributed by atoms with Gasteiger partial charge in [0.1, 0.15) is 0 Å². The first-order valence-electron chi connectivity index (χ1n) is 6.88. The topological polar surface area (TPSA) is 29.3 Å². The number of rotatable bonds is 1. The quantitative estimate of drug-likeness (QED) is 0.761. The molecule has 1 aromatic rings. The van der Waals surface area contributed by atoms with Gasteiger partial charge >= 0.3 is 0 Å². The van der Waals surface area contributed by atoms with Crippen molar-refractivity contribution in [3.63, 3.8) is 0 Å². The molecule has 2 unspecified atom stereocenters. The number of benzene rings is 1. The van der Waals surface area contributed by atoms with Crippen molar-refractivity contribution in [2.45, 2.75) is 43.8 Å². The van der Waals surface area contributed by atoms with E-state index in [1.54, 1.807) is 0 Å². The Morgan fingerprint density at radius 2 is 1.78 bits per heavy atom. The number of hydrogen-bond donors (Lipinski definition) is 1. The maximum atomic E-state index is 6.07. The summed E-state index contributed by atoms with van der Waals surface area (Å²) >= 11 is 0. The zero-order chi connectivity index (χ0) is 12.4. The van der Waals surface area contributed by atoms with E-state index in [9.17, 15) is 0 Å². The van der Waals surface area contributed by atoms with Crippen molar-refractivity contribution in [1.82, 2.24) is 4.90 Å². The lowest BCUT2D eigenvalue weighted by Gasteiger charge is -2.36. The summed E-state index contributed by atoms with van der Waals surface area (Å²) in [5.41, 5.74) is 7.18. The monoisotopic (exact) mass is 240 g/mol. The van der Waals surface area contributed by atoms with E-state index in [-0.39, 0.29) is 0 Å². The van der Waals surface area contributed by atoms with Gasteiger partial charge in [-0.3, -0.25) is 4.90 Å². The van der Waals surface area contributed by atoms with E-state index in [1.165, 1.54) is 12.8 Å². The highest BCUT2D eigenvalue weighted by atomic mass is 15.2. The average molecular weight is 240 g/mol. The molecule has 0 aromatic heterocycles. The summed E-state index contributed by atoms with van der Waals surface area (Å²) < 4.78 is 0. The Labute approximate surface area is 109 Å². The van der Waals surface area contributed by atoms with Crippen LogP contribution in [0.25, 0.3) is 0 Å². The fourth-order valence-electron chi connectivity index (χ4n) is 3.33. The number of nitrogens with zero attached hydrogens (tertiary/aromatic N) is 1. The molecular weight excluding hydrogens is 220 g/mol. The Balaban J connectivity index is 1.63. The van der Waals surface area contributed by atoms with Crippen molar-refractivity contribution < 1.29 is 0 Å². The molecule has 2 nitrogen and oxygen atoms in total. The summed E-state index contributed by atoms with van der Waals surface area (Å²) in [4.78, 5) is 2.57. The molecule has 2 atom stereocenters. The zero-order valence-corrected chi connectivity index (χ0v) is 10.7. The van der Waals surface area contributed by atoms with Gasteiger partial charge in [0.25, 0.3) is 0 Å². The van der Waals surface area contributed by atoms with Gasteiger partial charge in [-0.05, 0) is 37.8 Å². The van der Waals surface area contributed by atoms with Crippen molar-refractivity contribution in [2.24, 2.45) is 5.73 Å². The normalized spacial score (nSPS) is 30.8. The largest absolute Gasteiger partial charge is 0.328 e. The maximum Gasteiger partial charge on any atom is 0.0610 e. The molecule has 2 aliphatic rings. The minimum atomic E-state index is 0.417. The molecule has 0 amide bonds. The van der Waals surface area contributed by atoms with Crippen LogP contribution in [0.1, 0.15) is 31.2 Å². The van der Waals surface area contributed by atoms with Crippen LogP contribution in [-0.2, 0) is 0 Å². The molecule has 2 heterocycles. The molecule has 0 saturated carbocycles. The van der Waals surface area contributed by atoms with E-state index in [1.807, 2.05) is 18.2 Å². The predicted molar refractivity (Wildman–Crippen MR) is 74.0 cm³/mol. The smallest absolute Gasteiger partial charge is 0.0610 e. The van der Waals surface area contributed by atoms with E-state index in [4.69, 9.17) is 5.73 Å². The second kappa shape index (κ2) is 5.14. The number of nitrogens with two attached hydrogens (primary N) is 1. The van der Waals surface area contributed by atoms with Gasteiger partial charge in [0.05, 0.1) is 6.54 Å². The Morgan fingerprint density at radius 1 is 1.11 bits per heavy atom. The van der Waals surface area contributed by atoms with Gasteiger partial charge in [0.2, 0.25) is 0 Å². The minimum Gasteiger partial charge on any atom is -0.328 e. The van der Waals surface area contributed by atoms with Crippen LogP contribution in [-0.4, -0.2) is 29.6 Å². The van der Waals surface area contributed by atoms with Crippen molar-refractivity contribution in [1.29, 1.82) is 0 Å². The van der Waals surface area contributed by atoms with E-state index in [2.05, 4.69) is 28.9 Å². The van der Waals surface area contributed by atoms with E-state index < -0.39 is 0 Å². The first kappa shape index (κ1) is 11.8. The molecule has 0 radical (unpaired) electrons. The molecule has 2 N–H and O–H groups in total. The summed E-state index contributed by atoms with van der Waals surface area (Å²) in [6, 6.07) is 12.0. The molecule has 2 fully saturated rings. The molecule has 18 heavy (non-hydrogen) atoms. The second-order valence-electron chi connectivity index (χ2n) is 5.46. The highest BCUT2D eigenvalue weighted by Crippen LogP contribution is 2.34. The first-order chi connectivity index (χ1) is 8.83. The Kier molecular flexibility index (Phi) is 3.36. The summed E-state index contributed by atoms with van der Waals surface area (Å²) in [7, 11) is 0. The summed E-state index contributed by atoms with van der Waals surface area (Å²) in [6.07, 6.45) is 4.93. The highest BCUT2D eigenvalue weighted by molar-refractivity contribution is 5.33. The molecule has 2 saturated heterocycles. The van der Waals surface area contributed by atoms with Crippen LogP contribution in [0.5, 0.6) is 0 Å². The van der Waals surface area contributed by atoms with Crippen molar-refractivity contribution in [3.05, 3.63) is 35.9 Å². The van der Waals surface area contributed by atoms with Crippen LogP contribution in [0.15, 0.2) is 30.3 Å². The summed E-state index contributed by atoms with van der Waals surface area (Å²) in [5.74, 6) is 6.57. The maximum absolute atomic E-state index is 6.07. The molecule has 1 aromatic carbocycles. The van der Waals surface area contributed by atoms with Crippen LogP contribution in [0.2, 0.25) is 0 Å². The highest BCUT2D eigenvalue weighted by Gasteiger charge is 2.38. The van der Waals surface area contributed by atoms with Crippen LogP contribution in [0, 0.1) is 11.8 Å². The van der Waals surface area contributed by atoms with E-state index in [0.717, 1.165) is 24.9 Å². The number of hydrogen-bond acceptors (Lipinski definition) is 2. The molecule has 2 bridgehead atoms. The van der Waals surface area contributed by atoms with Gasteiger partial charge in [-0.2, -0.15) is 0 Å². The third kappa shape index (κ3) is 2.43. The van der Waals surface area contributed by atoms with E-state index in [0.29, 0.717) is 18.1 Å². The Hall–Kier alpha value is -1.30. The van der Waals surface area contributed by atoms with Gasteiger partial charge in [-0.25, -0.2) is 0 Å². The van der Waals surface area contributed by atoms with Gasteiger partial charge in [0.15, 0.2) is 0 Å². The second-order valence-corrected chi connectivity index (χ2v) is 5.46. The molecule has 2 heteroatoms. The van der Waals surface area contributed by atoms with Gasteiger partial charge in [-0.1, -0.05) is 30.0 Å². The summed E-state index contributed by atoms with van der Waals surface area (Å²) in [5, 5.41) is 0. The lowest BCUT2D eigenvalue weighted by molar-refractivity contribution is 0.146. The lowest BCUT2D eigenvalue weighted by Crippen LogP contribution is -2.47. The SMILES string of the molecule is NC1CC2CCC(C1)N2CC#Cc1ccccc1. The van der Waals surface area contributed by atoms with Crippen molar-refractivity contribution >= 4 is 0 Å². The standard InChI is InChI=1S/C16H20N2/c17-14-11-15-8-9-16(12-14)18(15)10-4-7-13-5-2-1-3-6-13/h1-3,5-6,14-16H,8-12,17H2. The molecule has 0 aliphatic carbocycles. The zero-order valence-electron chi connectivity index (χ0n) is 10.7. The fourth-order valence-corrected chi connectivity index (χ4v) is 3.33. The predicted octanol–water partition coefficient (Wildman–Crippen LogP) is 1.99. The third-order valence-corrected chi connectivity index (χ3v) is 4.19. The molecular formula is C16H20N2. The van der Waals surface area contributed by atoms with Gasteiger partial charge < -0.3 is 5.73 Å². The van der Waals surface area contributed by atoms with Crippen molar-refractivity contribution in [3.8, 4) is 11.8 Å². The van der Waals surface area contributed by atoms with Crippen molar-refractivity contribution in [2.75, 3.05) is 6.54 Å². The fraction of sp³-hybridized carbons (Fsp3) is 0.500. The van der Waals surface area contributed by atoms with E-state index >= 15 is 0 Å². The Bertz CT molecular complexity index is 443. The summed E-state index contributed by atoms with van der Waals surface area (Å²) in [6.45, 7) is 0.900. The first-order valence-corrected chi connectivity index (χ1v) is 6.88. The average Bonchev–Trinajstić information content (AvgIpc) is 2.63. The molecule has 94 valence electrons. The number of fused-ring (bicyclic) bond motifs is 2. The third-order valence-electron chi connectivity index (χ3n) is 4.19.